The molecule has 0 spiro atoms. The van der Waals surface area contributed by atoms with E-state index in [0.717, 1.165) is 6.20 Å². The van der Waals surface area contributed by atoms with Crippen molar-refractivity contribution >= 4 is 15.7 Å². The van der Waals surface area contributed by atoms with Crippen molar-refractivity contribution in [2.75, 3.05) is 17.1 Å². The number of nitrogens with one attached hydrogen (secondary N) is 1. The SMILES string of the molecule is O=S(=O)(CCO)Nc1ccncc1F. The van der Waals surface area contributed by atoms with E-state index in [1.165, 1.54) is 12.3 Å². The molecule has 0 amide bonds. The van der Waals surface area contributed by atoms with E-state index in [9.17, 15) is 12.8 Å². The molecule has 5 nitrogen and oxygen atoms in total. The van der Waals surface area contributed by atoms with E-state index in [0.29, 0.717) is 0 Å². The van der Waals surface area contributed by atoms with Crippen LogP contribution in [0.1, 0.15) is 0 Å². The fourth-order valence-corrected chi connectivity index (χ4v) is 1.64. The maximum absolute atomic E-state index is 12.9. The molecular formula is C7H9FN2O3S. The monoisotopic (exact) mass is 220 g/mol. The number of hydrogen-bond acceptors (Lipinski definition) is 4. The van der Waals surface area contributed by atoms with Gasteiger partial charge in [0, 0.05) is 6.20 Å². The van der Waals surface area contributed by atoms with Gasteiger partial charge in [0.25, 0.3) is 0 Å². The van der Waals surface area contributed by atoms with Crippen molar-refractivity contribution in [3.05, 3.63) is 24.3 Å². The minimum atomic E-state index is -3.67. The summed E-state index contributed by atoms with van der Waals surface area (Å²) in [5.74, 6) is -1.22. The Bertz CT molecular complexity index is 407. The molecule has 0 saturated heterocycles. The fraction of sp³-hybridized carbons (Fsp3) is 0.286. The molecule has 1 aromatic heterocycles. The number of aromatic nitrogens is 1. The van der Waals surface area contributed by atoms with Gasteiger partial charge < -0.3 is 5.11 Å². The standard InChI is InChI=1S/C7H9FN2O3S/c8-6-5-9-2-1-7(6)10-14(12,13)4-3-11/h1-2,5,11H,3-4H2,(H,9,10). The molecule has 0 aliphatic heterocycles. The predicted octanol–water partition coefficient (Wildman–Crippen LogP) is -0.0453. The third-order valence-corrected chi connectivity index (χ3v) is 2.65. The van der Waals surface area contributed by atoms with Gasteiger partial charge in [-0.1, -0.05) is 0 Å². The van der Waals surface area contributed by atoms with E-state index in [1.54, 1.807) is 0 Å². The minimum absolute atomic E-state index is 0.173. The number of pyridine rings is 1. The van der Waals surface area contributed by atoms with Crippen LogP contribution < -0.4 is 4.72 Å². The fourth-order valence-electron chi connectivity index (χ4n) is 0.797. The molecule has 78 valence electrons. The Kier molecular flexibility index (Phi) is 3.37. The molecule has 0 fully saturated rings. The summed E-state index contributed by atoms with van der Waals surface area (Å²) in [7, 11) is -3.67. The number of aliphatic hydroxyl groups is 1. The van der Waals surface area contributed by atoms with Crippen molar-refractivity contribution < 1.29 is 17.9 Å². The molecule has 1 heterocycles. The van der Waals surface area contributed by atoms with Gasteiger partial charge in [0.2, 0.25) is 10.0 Å². The average Bonchev–Trinajstić information content (AvgIpc) is 2.08. The summed E-state index contributed by atoms with van der Waals surface area (Å²) in [6, 6.07) is 1.20. The van der Waals surface area contributed by atoms with E-state index in [2.05, 4.69) is 4.98 Å². The van der Waals surface area contributed by atoms with Gasteiger partial charge in [-0.25, -0.2) is 12.8 Å². The van der Waals surface area contributed by atoms with Crippen molar-refractivity contribution in [2.24, 2.45) is 0 Å². The minimum Gasteiger partial charge on any atom is -0.395 e. The second-order valence-electron chi connectivity index (χ2n) is 2.50. The second kappa shape index (κ2) is 4.34. The second-order valence-corrected chi connectivity index (χ2v) is 4.34. The third-order valence-electron chi connectivity index (χ3n) is 1.40. The van der Waals surface area contributed by atoms with Crippen molar-refractivity contribution in [2.45, 2.75) is 0 Å². The Morgan fingerprint density at radius 3 is 2.86 bits per heavy atom. The van der Waals surface area contributed by atoms with Crippen LogP contribution >= 0.6 is 0 Å². The van der Waals surface area contributed by atoms with Gasteiger partial charge in [-0.15, -0.1) is 0 Å². The third kappa shape index (κ3) is 2.93. The first-order chi connectivity index (χ1) is 6.55. The number of aliphatic hydroxyl groups excluding tert-OH is 1. The molecule has 0 aliphatic rings. The van der Waals surface area contributed by atoms with Crippen LogP contribution in [0.4, 0.5) is 10.1 Å². The number of rotatable bonds is 4. The van der Waals surface area contributed by atoms with E-state index in [4.69, 9.17) is 5.11 Å². The average molecular weight is 220 g/mol. The van der Waals surface area contributed by atoms with Crippen molar-refractivity contribution in [3.8, 4) is 0 Å². The molecule has 0 unspecified atom stereocenters. The Morgan fingerprint density at radius 2 is 2.29 bits per heavy atom. The van der Waals surface area contributed by atoms with E-state index in [-0.39, 0.29) is 5.69 Å². The van der Waals surface area contributed by atoms with Gasteiger partial charge in [-0.05, 0) is 6.07 Å². The number of sulfonamides is 1. The molecular weight excluding hydrogens is 211 g/mol. The van der Waals surface area contributed by atoms with E-state index >= 15 is 0 Å². The first-order valence-electron chi connectivity index (χ1n) is 3.76. The van der Waals surface area contributed by atoms with Gasteiger partial charge in [0.1, 0.15) is 0 Å². The summed E-state index contributed by atoms with van der Waals surface area (Å²) in [5, 5.41) is 8.42. The Labute approximate surface area is 80.7 Å². The van der Waals surface area contributed by atoms with Crippen LogP contribution in [0.2, 0.25) is 0 Å². The van der Waals surface area contributed by atoms with E-state index in [1.807, 2.05) is 4.72 Å². The highest BCUT2D eigenvalue weighted by atomic mass is 32.2. The van der Waals surface area contributed by atoms with Crippen LogP contribution in [0, 0.1) is 5.82 Å². The predicted molar refractivity (Wildman–Crippen MR) is 48.7 cm³/mol. The van der Waals surface area contributed by atoms with Crippen molar-refractivity contribution in [3.63, 3.8) is 0 Å². The van der Waals surface area contributed by atoms with Crippen LogP contribution in [0.25, 0.3) is 0 Å². The molecule has 0 atom stereocenters. The van der Waals surface area contributed by atoms with Crippen LogP contribution in [0.5, 0.6) is 0 Å². The van der Waals surface area contributed by atoms with Crippen LogP contribution in [0.15, 0.2) is 18.5 Å². The summed E-state index contributed by atoms with van der Waals surface area (Å²) in [6.07, 6.45) is 2.16. The number of hydrogen-bond donors (Lipinski definition) is 2. The highest BCUT2D eigenvalue weighted by Gasteiger charge is 2.11. The van der Waals surface area contributed by atoms with Gasteiger partial charge in [0.05, 0.1) is 24.2 Å². The highest BCUT2D eigenvalue weighted by Crippen LogP contribution is 2.12. The molecule has 0 bridgehead atoms. The van der Waals surface area contributed by atoms with Gasteiger partial charge in [-0.3, -0.25) is 9.71 Å². The zero-order valence-corrected chi connectivity index (χ0v) is 7.96. The zero-order valence-electron chi connectivity index (χ0n) is 7.14. The summed E-state index contributed by atoms with van der Waals surface area (Å²) < 4.78 is 37.1. The molecule has 1 rings (SSSR count). The maximum Gasteiger partial charge on any atom is 0.235 e. The highest BCUT2D eigenvalue weighted by molar-refractivity contribution is 7.92. The first kappa shape index (κ1) is 10.9. The van der Waals surface area contributed by atoms with Crippen LogP contribution in [0.3, 0.4) is 0 Å². The van der Waals surface area contributed by atoms with Crippen molar-refractivity contribution in [1.82, 2.24) is 4.98 Å². The number of halogens is 1. The number of anilines is 1. The Balaban J connectivity index is 2.84. The molecule has 0 radical (unpaired) electrons. The summed E-state index contributed by atoms with van der Waals surface area (Å²) in [6.45, 7) is -0.512. The number of nitrogens with zero attached hydrogens (tertiary/aromatic N) is 1. The van der Waals surface area contributed by atoms with Gasteiger partial charge in [-0.2, -0.15) is 0 Å². The molecule has 1 aromatic rings. The Morgan fingerprint density at radius 1 is 1.57 bits per heavy atom. The Hall–Kier alpha value is -1.21. The molecule has 0 aliphatic carbocycles. The lowest BCUT2D eigenvalue weighted by atomic mass is 10.4. The molecule has 2 N–H and O–H groups in total. The van der Waals surface area contributed by atoms with Crippen LogP contribution in [-0.2, 0) is 10.0 Å². The molecule has 7 heteroatoms. The molecule has 0 aromatic carbocycles. The molecule has 14 heavy (non-hydrogen) atoms. The normalized spacial score (nSPS) is 11.3. The lowest BCUT2D eigenvalue weighted by molar-refractivity contribution is 0.320. The first-order valence-corrected chi connectivity index (χ1v) is 5.41. The zero-order chi connectivity index (χ0) is 10.6. The van der Waals surface area contributed by atoms with Crippen LogP contribution in [-0.4, -0.2) is 30.9 Å². The quantitative estimate of drug-likeness (QED) is 0.746. The van der Waals surface area contributed by atoms with E-state index < -0.39 is 28.2 Å². The topological polar surface area (TPSA) is 79.3 Å². The van der Waals surface area contributed by atoms with Gasteiger partial charge >= 0.3 is 0 Å². The largest absolute Gasteiger partial charge is 0.395 e. The summed E-state index contributed by atoms with van der Waals surface area (Å²) >= 11 is 0. The maximum atomic E-state index is 12.9. The lowest BCUT2D eigenvalue weighted by Crippen LogP contribution is -2.19. The lowest BCUT2D eigenvalue weighted by Gasteiger charge is -2.06. The smallest absolute Gasteiger partial charge is 0.235 e. The summed E-state index contributed by atoms with van der Waals surface area (Å²) in [4.78, 5) is 3.46. The van der Waals surface area contributed by atoms with Gasteiger partial charge in [0.15, 0.2) is 5.82 Å². The summed E-state index contributed by atoms with van der Waals surface area (Å²) in [5.41, 5.74) is -0.173. The van der Waals surface area contributed by atoms with Crippen molar-refractivity contribution in [1.29, 1.82) is 0 Å². The molecule has 0 saturated carbocycles.